The van der Waals surface area contributed by atoms with Gasteiger partial charge in [-0.15, -0.1) is 0 Å². The van der Waals surface area contributed by atoms with Crippen molar-refractivity contribution in [3.8, 4) is 0 Å². The summed E-state index contributed by atoms with van der Waals surface area (Å²) in [5.74, 6) is -0.994. The largest absolute Gasteiger partial charge is 0.355 e. The van der Waals surface area contributed by atoms with Crippen molar-refractivity contribution < 1.29 is 14.0 Å². The lowest BCUT2D eigenvalue weighted by atomic mass is 10.1. The van der Waals surface area contributed by atoms with E-state index < -0.39 is 0 Å². The molecule has 120 valence electrons. The maximum absolute atomic E-state index is 13.4. The Morgan fingerprint density at radius 3 is 2.26 bits per heavy atom. The fraction of sp³-hybridized carbons (Fsp3) is 0.222. The highest BCUT2D eigenvalue weighted by molar-refractivity contribution is 5.96. The number of amides is 2. The van der Waals surface area contributed by atoms with E-state index in [1.54, 1.807) is 18.2 Å². The minimum atomic E-state index is -0.369. The van der Waals surface area contributed by atoms with Crippen molar-refractivity contribution in [2.24, 2.45) is 0 Å². The molecule has 2 aromatic rings. The van der Waals surface area contributed by atoms with Gasteiger partial charge in [0.1, 0.15) is 12.2 Å². The summed E-state index contributed by atoms with van der Waals surface area (Å²) in [4.78, 5) is 23.4. The van der Waals surface area contributed by atoms with E-state index in [1.807, 2.05) is 30.3 Å². The molecule has 0 bridgehead atoms. The summed E-state index contributed by atoms with van der Waals surface area (Å²) in [7, 11) is 0. The number of carbonyl (C=O) groups excluding carboxylic acids is 2. The molecule has 0 atom stereocenters. The zero-order valence-corrected chi connectivity index (χ0v) is 12.7. The molecule has 0 aromatic heterocycles. The van der Waals surface area contributed by atoms with Crippen LogP contribution in [0.4, 0.5) is 4.39 Å². The fourth-order valence-corrected chi connectivity index (χ4v) is 2.11. The maximum Gasteiger partial charge on any atom is 0.229 e. The molecule has 0 aliphatic carbocycles. The number of rotatable bonds is 7. The van der Waals surface area contributed by atoms with E-state index in [0.717, 1.165) is 5.56 Å². The van der Waals surface area contributed by atoms with E-state index in [2.05, 4.69) is 10.6 Å². The van der Waals surface area contributed by atoms with Crippen LogP contribution >= 0.6 is 0 Å². The van der Waals surface area contributed by atoms with E-state index in [4.69, 9.17) is 0 Å². The molecule has 0 saturated heterocycles. The lowest BCUT2D eigenvalue weighted by Crippen LogP contribution is -2.32. The van der Waals surface area contributed by atoms with Gasteiger partial charge in [0.2, 0.25) is 11.8 Å². The lowest BCUT2D eigenvalue weighted by Gasteiger charge is -2.07. The van der Waals surface area contributed by atoms with Gasteiger partial charge in [0, 0.05) is 13.1 Å². The molecule has 2 N–H and O–H groups in total. The molecule has 0 aliphatic heterocycles. The van der Waals surface area contributed by atoms with Crippen LogP contribution in [-0.2, 0) is 22.6 Å². The molecule has 2 rings (SSSR count). The first-order valence-corrected chi connectivity index (χ1v) is 7.46. The SMILES string of the molecule is O=C(CC(=O)NCc1ccccc1)NCCc1ccccc1F. The molecule has 4 nitrogen and oxygen atoms in total. The zero-order valence-electron chi connectivity index (χ0n) is 12.7. The highest BCUT2D eigenvalue weighted by Crippen LogP contribution is 2.06. The second kappa shape index (κ2) is 8.68. The van der Waals surface area contributed by atoms with Crippen LogP contribution in [0, 0.1) is 5.82 Å². The first kappa shape index (κ1) is 16.7. The summed E-state index contributed by atoms with van der Waals surface area (Å²) in [5, 5.41) is 5.31. The molecule has 2 amide bonds. The van der Waals surface area contributed by atoms with Gasteiger partial charge in [-0.2, -0.15) is 0 Å². The van der Waals surface area contributed by atoms with E-state index in [1.165, 1.54) is 6.07 Å². The van der Waals surface area contributed by atoms with Crippen LogP contribution in [0.3, 0.4) is 0 Å². The van der Waals surface area contributed by atoms with Gasteiger partial charge in [-0.3, -0.25) is 9.59 Å². The third-order valence-corrected chi connectivity index (χ3v) is 3.33. The number of nitrogens with one attached hydrogen (secondary N) is 2. The molecule has 2 aromatic carbocycles. The molecule has 0 spiro atoms. The first-order chi connectivity index (χ1) is 11.1. The summed E-state index contributed by atoms with van der Waals surface area (Å²) >= 11 is 0. The number of carbonyl (C=O) groups is 2. The first-order valence-electron chi connectivity index (χ1n) is 7.46. The van der Waals surface area contributed by atoms with Gasteiger partial charge in [-0.05, 0) is 23.6 Å². The van der Waals surface area contributed by atoms with E-state index in [9.17, 15) is 14.0 Å². The molecule has 5 heteroatoms. The quantitative estimate of drug-likeness (QED) is 0.770. The Balaban J connectivity index is 1.66. The Bertz CT molecular complexity index is 659. The second-order valence-corrected chi connectivity index (χ2v) is 5.13. The topological polar surface area (TPSA) is 58.2 Å². The summed E-state index contributed by atoms with van der Waals surface area (Å²) in [6.07, 6.45) is 0.161. The van der Waals surface area contributed by atoms with Crippen LogP contribution in [0.25, 0.3) is 0 Å². The summed E-state index contributed by atoms with van der Waals surface area (Å²) in [5.41, 5.74) is 1.52. The second-order valence-electron chi connectivity index (χ2n) is 5.13. The number of hydrogen-bond acceptors (Lipinski definition) is 2. The standard InChI is InChI=1S/C18H19FN2O2/c19-16-9-5-4-8-15(16)10-11-20-17(22)12-18(23)21-13-14-6-2-1-3-7-14/h1-9H,10-13H2,(H,20,22)(H,21,23). The van der Waals surface area contributed by atoms with Crippen molar-refractivity contribution in [3.05, 3.63) is 71.5 Å². The molecule has 0 heterocycles. The smallest absolute Gasteiger partial charge is 0.229 e. The molecular formula is C18H19FN2O2. The third kappa shape index (κ3) is 5.90. The van der Waals surface area contributed by atoms with Crippen molar-refractivity contribution in [2.75, 3.05) is 6.54 Å². The molecule has 0 fully saturated rings. The average Bonchev–Trinajstić information content (AvgIpc) is 2.56. The van der Waals surface area contributed by atoms with Gasteiger partial charge in [-0.1, -0.05) is 48.5 Å². The maximum atomic E-state index is 13.4. The normalized spacial score (nSPS) is 10.1. The van der Waals surface area contributed by atoms with Crippen molar-refractivity contribution in [3.63, 3.8) is 0 Å². The molecule has 0 aliphatic rings. The van der Waals surface area contributed by atoms with Gasteiger partial charge in [0.15, 0.2) is 0 Å². The number of hydrogen-bond donors (Lipinski definition) is 2. The fourth-order valence-electron chi connectivity index (χ4n) is 2.11. The predicted octanol–water partition coefficient (Wildman–Crippen LogP) is 2.19. The minimum Gasteiger partial charge on any atom is -0.355 e. The van der Waals surface area contributed by atoms with E-state index in [-0.39, 0.29) is 24.1 Å². The van der Waals surface area contributed by atoms with E-state index >= 15 is 0 Å². The molecule has 23 heavy (non-hydrogen) atoms. The van der Waals surface area contributed by atoms with Gasteiger partial charge in [0.05, 0.1) is 0 Å². The van der Waals surface area contributed by atoms with Crippen LogP contribution < -0.4 is 10.6 Å². The van der Waals surface area contributed by atoms with E-state index in [0.29, 0.717) is 25.1 Å². The minimum absolute atomic E-state index is 0.232. The van der Waals surface area contributed by atoms with Crippen molar-refractivity contribution in [1.82, 2.24) is 10.6 Å². The number of benzene rings is 2. The Hall–Kier alpha value is -2.69. The molecule has 0 unspecified atom stereocenters. The summed E-state index contributed by atoms with van der Waals surface area (Å²) < 4.78 is 13.4. The predicted molar refractivity (Wildman–Crippen MR) is 86.0 cm³/mol. The van der Waals surface area contributed by atoms with Crippen LogP contribution in [-0.4, -0.2) is 18.4 Å². The van der Waals surface area contributed by atoms with Gasteiger partial charge in [0.25, 0.3) is 0 Å². The van der Waals surface area contributed by atoms with Crippen LogP contribution in [0.15, 0.2) is 54.6 Å². The van der Waals surface area contributed by atoms with Gasteiger partial charge < -0.3 is 10.6 Å². The van der Waals surface area contributed by atoms with Crippen LogP contribution in [0.5, 0.6) is 0 Å². The average molecular weight is 314 g/mol. The summed E-state index contributed by atoms with van der Waals surface area (Å²) in [6, 6.07) is 15.9. The third-order valence-electron chi connectivity index (χ3n) is 3.33. The monoisotopic (exact) mass is 314 g/mol. The van der Waals surface area contributed by atoms with Gasteiger partial charge in [-0.25, -0.2) is 4.39 Å². The Kier molecular flexibility index (Phi) is 6.29. The van der Waals surface area contributed by atoms with Gasteiger partial charge >= 0.3 is 0 Å². The van der Waals surface area contributed by atoms with Crippen molar-refractivity contribution in [2.45, 2.75) is 19.4 Å². The summed E-state index contributed by atoms with van der Waals surface area (Å²) in [6.45, 7) is 0.688. The molecule has 0 saturated carbocycles. The Labute approximate surface area is 134 Å². The van der Waals surface area contributed by atoms with Crippen LogP contribution in [0.2, 0.25) is 0 Å². The molecular weight excluding hydrogens is 295 g/mol. The Morgan fingerprint density at radius 2 is 1.52 bits per heavy atom. The molecule has 0 radical (unpaired) electrons. The lowest BCUT2D eigenvalue weighted by molar-refractivity contribution is -0.129. The van der Waals surface area contributed by atoms with Crippen molar-refractivity contribution in [1.29, 1.82) is 0 Å². The highest BCUT2D eigenvalue weighted by Gasteiger charge is 2.09. The van der Waals surface area contributed by atoms with Crippen LogP contribution in [0.1, 0.15) is 17.5 Å². The van der Waals surface area contributed by atoms with Crippen molar-refractivity contribution >= 4 is 11.8 Å². The highest BCUT2D eigenvalue weighted by atomic mass is 19.1. The number of halogens is 1. The Morgan fingerprint density at radius 1 is 0.870 bits per heavy atom. The zero-order chi connectivity index (χ0) is 16.5.